The van der Waals surface area contributed by atoms with Gasteiger partial charge in [0, 0.05) is 20.2 Å². The summed E-state index contributed by atoms with van der Waals surface area (Å²) in [5.41, 5.74) is 1.27. The molecule has 0 aliphatic carbocycles. The number of hydrogen-bond acceptors (Lipinski definition) is 3. The smallest absolute Gasteiger partial charge is 0.119 e. The van der Waals surface area contributed by atoms with Crippen LogP contribution < -0.4 is 4.74 Å². The summed E-state index contributed by atoms with van der Waals surface area (Å²) in [7, 11) is 1.82. The third-order valence-corrected chi connectivity index (χ3v) is 4.18. The molecule has 2 unspecified atom stereocenters. The van der Waals surface area contributed by atoms with E-state index in [0.717, 1.165) is 31.9 Å². The molecule has 1 aromatic rings. The monoisotopic (exact) mass is 277 g/mol. The van der Waals surface area contributed by atoms with Crippen LogP contribution in [0.25, 0.3) is 0 Å². The van der Waals surface area contributed by atoms with Gasteiger partial charge >= 0.3 is 0 Å². The molecule has 1 saturated heterocycles. The lowest BCUT2D eigenvalue weighted by Crippen LogP contribution is -2.44. The third kappa shape index (κ3) is 4.50. The van der Waals surface area contributed by atoms with Gasteiger partial charge < -0.3 is 14.4 Å². The maximum Gasteiger partial charge on any atom is 0.119 e. The number of nitrogens with zero attached hydrogens (tertiary/aromatic N) is 1. The van der Waals surface area contributed by atoms with Crippen molar-refractivity contribution in [3.8, 4) is 5.75 Å². The first kappa shape index (κ1) is 15.3. The van der Waals surface area contributed by atoms with E-state index in [1.54, 1.807) is 0 Å². The number of rotatable bonds is 6. The highest BCUT2D eigenvalue weighted by Gasteiger charge is 2.25. The van der Waals surface area contributed by atoms with E-state index in [2.05, 4.69) is 30.9 Å². The predicted octanol–water partition coefficient (Wildman–Crippen LogP) is 3.12. The zero-order valence-electron chi connectivity index (χ0n) is 13.0. The number of ether oxygens (including phenoxy) is 2. The summed E-state index contributed by atoms with van der Waals surface area (Å²) in [6.07, 6.45) is 2.69. The Morgan fingerprint density at radius 3 is 2.70 bits per heavy atom. The Morgan fingerprint density at radius 1 is 1.25 bits per heavy atom. The van der Waals surface area contributed by atoms with Crippen LogP contribution in [-0.4, -0.2) is 44.4 Å². The van der Waals surface area contributed by atoms with Gasteiger partial charge in [-0.1, -0.05) is 24.6 Å². The van der Waals surface area contributed by atoms with Crippen molar-refractivity contribution >= 4 is 0 Å². The molecule has 112 valence electrons. The van der Waals surface area contributed by atoms with E-state index in [-0.39, 0.29) is 0 Å². The molecular weight excluding hydrogens is 250 g/mol. The SMILES string of the molecule is COC1CN(CCCOc2ccc(C)cc2)CCC1C. The maximum absolute atomic E-state index is 5.77. The number of methoxy groups -OCH3 is 1. The molecule has 3 nitrogen and oxygen atoms in total. The van der Waals surface area contributed by atoms with Crippen molar-refractivity contribution in [2.24, 2.45) is 5.92 Å². The zero-order valence-corrected chi connectivity index (χ0v) is 13.0. The molecule has 0 N–H and O–H groups in total. The number of likely N-dealkylation sites (tertiary alicyclic amines) is 1. The molecule has 1 aromatic carbocycles. The average Bonchev–Trinajstić information content (AvgIpc) is 2.47. The third-order valence-electron chi connectivity index (χ3n) is 4.18. The minimum absolute atomic E-state index is 0.391. The molecule has 2 atom stereocenters. The zero-order chi connectivity index (χ0) is 14.4. The Hall–Kier alpha value is -1.06. The summed E-state index contributed by atoms with van der Waals surface area (Å²) in [6, 6.07) is 8.26. The van der Waals surface area contributed by atoms with Gasteiger partial charge in [-0.25, -0.2) is 0 Å². The van der Waals surface area contributed by atoms with E-state index >= 15 is 0 Å². The van der Waals surface area contributed by atoms with E-state index in [9.17, 15) is 0 Å². The first-order valence-electron chi connectivity index (χ1n) is 7.63. The van der Waals surface area contributed by atoms with Crippen LogP contribution in [0.2, 0.25) is 0 Å². The summed E-state index contributed by atoms with van der Waals surface area (Å²) in [5.74, 6) is 1.65. The van der Waals surface area contributed by atoms with E-state index in [1.165, 1.54) is 18.5 Å². The second kappa shape index (κ2) is 7.65. The topological polar surface area (TPSA) is 21.7 Å². The van der Waals surface area contributed by atoms with Gasteiger partial charge in [0.1, 0.15) is 5.75 Å². The van der Waals surface area contributed by atoms with Gasteiger partial charge in [0.05, 0.1) is 12.7 Å². The lowest BCUT2D eigenvalue weighted by molar-refractivity contribution is -0.00593. The van der Waals surface area contributed by atoms with E-state index in [0.29, 0.717) is 12.0 Å². The highest BCUT2D eigenvalue weighted by atomic mass is 16.5. The number of aryl methyl sites for hydroxylation is 1. The molecule has 1 aliphatic heterocycles. The maximum atomic E-state index is 5.77. The van der Waals surface area contributed by atoms with Gasteiger partial charge in [-0.15, -0.1) is 0 Å². The molecule has 2 rings (SSSR count). The standard InChI is InChI=1S/C17H27NO2/c1-14-5-7-16(8-6-14)20-12-4-10-18-11-9-15(2)17(13-18)19-3/h5-8,15,17H,4,9-13H2,1-3H3. The van der Waals surface area contributed by atoms with Gasteiger partial charge in [-0.05, 0) is 44.4 Å². The first-order valence-corrected chi connectivity index (χ1v) is 7.63. The van der Waals surface area contributed by atoms with Crippen molar-refractivity contribution in [3.05, 3.63) is 29.8 Å². The molecule has 0 saturated carbocycles. The Kier molecular flexibility index (Phi) is 5.86. The van der Waals surface area contributed by atoms with Crippen LogP contribution in [0.15, 0.2) is 24.3 Å². The van der Waals surface area contributed by atoms with Gasteiger partial charge in [0.2, 0.25) is 0 Å². The fourth-order valence-electron chi connectivity index (χ4n) is 2.72. The van der Waals surface area contributed by atoms with Gasteiger partial charge in [-0.3, -0.25) is 0 Å². The Bertz CT molecular complexity index is 390. The Balaban J connectivity index is 1.65. The molecule has 0 aromatic heterocycles. The van der Waals surface area contributed by atoms with Crippen molar-refractivity contribution in [1.29, 1.82) is 0 Å². The summed E-state index contributed by atoms with van der Waals surface area (Å²) < 4.78 is 11.3. The summed E-state index contributed by atoms with van der Waals surface area (Å²) in [6.45, 7) is 8.50. The van der Waals surface area contributed by atoms with Crippen molar-refractivity contribution in [3.63, 3.8) is 0 Å². The molecule has 0 bridgehead atoms. The van der Waals surface area contributed by atoms with Gasteiger partial charge in [0.25, 0.3) is 0 Å². The normalized spacial score (nSPS) is 23.8. The average molecular weight is 277 g/mol. The summed E-state index contributed by atoms with van der Waals surface area (Å²) in [5, 5.41) is 0. The Labute approximate surface area is 122 Å². The van der Waals surface area contributed by atoms with Crippen LogP contribution in [0.1, 0.15) is 25.3 Å². The quantitative estimate of drug-likeness (QED) is 0.746. The van der Waals surface area contributed by atoms with Crippen LogP contribution in [0, 0.1) is 12.8 Å². The molecule has 20 heavy (non-hydrogen) atoms. The minimum Gasteiger partial charge on any atom is -0.494 e. The van der Waals surface area contributed by atoms with Crippen LogP contribution in [0.4, 0.5) is 0 Å². The van der Waals surface area contributed by atoms with E-state index < -0.39 is 0 Å². The molecule has 0 radical (unpaired) electrons. The molecule has 1 fully saturated rings. The van der Waals surface area contributed by atoms with Crippen LogP contribution in [0.5, 0.6) is 5.75 Å². The summed E-state index contributed by atoms with van der Waals surface area (Å²) in [4.78, 5) is 2.49. The van der Waals surface area contributed by atoms with Gasteiger partial charge in [0.15, 0.2) is 0 Å². The fraction of sp³-hybridized carbons (Fsp3) is 0.647. The van der Waals surface area contributed by atoms with Gasteiger partial charge in [-0.2, -0.15) is 0 Å². The lowest BCUT2D eigenvalue weighted by atomic mass is 9.96. The molecule has 3 heteroatoms. The van der Waals surface area contributed by atoms with Crippen molar-refractivity contribution in [1.82, 2.24) is 4.90 Å². The largest absolute Gasteiger partial charge is 0.494 e. The highest BCUT2D eigenvalue weighted by Crippen LogP contribution is 2.19. The molecule has 1 heterocycles. The first-order chi connectivity index (χ1) is 9.69. The number of piperidine rings is 1. The van der Waals surface area contributed by atoms with Crippen molar-refractivity contribution < 1.29 is 9.47 Å². The second-order valence-corrected chi connectivity index (χ2v) is 5.86. The fourth-order valence-corrected chi connectivity index (χ4v) is 2.72. The predicted molar refractivity (Wildman–Crippen MR) is 82.3 cm³/mol. The van der Waals surface area contributed by atoms with E-state index in [4.69, 9.17) is 9.47 Å². The second-order valence-electron chi connectivity index (χ2n) is 5.86. The molecule has 0 amide bonds. The van der Waals surface area contributed by atoms with Crippen molar-refractivity contribution in [2.75, 3.05) is 33.4 Å². The summed E-state index contributed by atoms with van der Waals surface area (Å²) >= 11 is 0. The molecule has 1 aliphatic rings. The lowest BCUT2D eigenvalue weighted by Gasteiger charge is -2.36. The minimum atomic E-state index is 0.391. The van der Waals surface area contributed by atoms with Crippen molar-refractivity contribution in [2.45, 2.75) is 32.8 Å². The van der Waals surface area contributed by atoms with E-state index in [1.807, 2.05) is 19.2 Å². The Morgan fingerprint density at radius 2 is 2.00 bits per heavy atom. The number of benzene rings is 1. The van der Waals surface area contributed by atoms with Crippen LogP contribution in [-0.2, 0) is 4.74 Å². The molecule has 0 spiro atoms. The molecular formula is C17H27NO2. The number of hydrogen-bond donors (Lipinski definition) is 0. The highest BCUT2D eigenvalue weighted by molar-refractivity contribution is 5.26. The van der Waals surface area contributed by atoms with Crippen LogP contribution >= 0.6 is 0 Å². The van der Waals surface area contributed by atoms with Crippen LogP contribution in [0.3, 0.4) is 0 Å².